The first-order valence-corrected chi connectivity index (χ1v) is 11.7. The van der Waals surface area contributed by atoms with Crippen LogP contribution in [0.5, 0.6) is 11.5 Å². The molecule has 0 aliphatic carbocycles. The molecular weight excluding hydrogens is 380 g/mol. The Hall–Kier alpha value is -1.82. The molecule has 0 unspecified atom stereocenters. The van der Waals surface area contributed by atoms with Gasteiger partial charge in [-0.15, -0.1) is 11.3 Å². The Kier molecular flexibility index (Phi) is 8.16. The van der Waals surface area contributed by atoms with E-state index in [-0.39, 0.29) is 0 Å². The SMILES string of the molecule is CCN(CC)CCOc1ccc2c(c1)sc1cc(OCCN(CC)CC)ccc12. The average molecular weight is 415 g/mol. The summed E-state index contributed by atoms with van der Waals surface area (Å²) >= 11 is 1.81. The summed E-state index contributed by atoms with van der Waals surface area (Å²) in [6.45, 7) is 16.4. The number of thiophene rings is 1. The Morgan fingerprint density at radius 1 is 0.655 bits per heavy atom. The Morgan fingerprint density at radius 3 is 1.45 bits per heavy atom. The fourth-order valence-corrected chi connectivity index (χ4v) is 4.75. The molecule has 0 saturated carbocycles. The van der Waals surface area contributed by atoms with Gasteiger partial charge < -0.3 is 19.3 Å². The Morgan fingerprint density at radius 2 is 1.07 bits per heavy atom. The summed E-state index contributed by atoms with van der Waals surface area (Å²) < 4.78 is 14.5. The normalized spacial score (nSPS) is 11.8. The molecular formula is C24H34N2O2S. The molecule has 0 atom stereocenters. The number of nitrogens with zero attached hydrogens (tertiary/aromatic N) is 2. The van der Waals surface area contributed by atoms with Crippen molar-refractivity contribution in [3.8, 4) is 11.5 Å². The van der Waals surface area contributed by atoms with Crippen molar-refractivity contribution in [1.82, 2.24) is 9.80 Å². The van der Waals surface area contributed by atoms with Crippen molar-refractivity contribution in [1.29, 1.82) is 0 Å². The lowest BCUT2D eigenvalue weighted by Crippen LogP contribution is -2.27. The highest BCUT2D eigenvalue weighted by molar-refractivity contribution is 7.25. The van der Waals surface area contributed by atoms with E-state index >= 15 is 0 Å². The van der Waals surface area contributed by atoms with Gasteiger partial charge in [-0.05, 0) is 62.6 Å². The third-order valence-corrected chi connectivity index (χ3v) is 6.67. The van der Waals surface area contributed by atoms with Gasteiger partial charge in [-0.3, -0.25) is 0 Å². The van der Waals surface area contributed by atoms with Crippen LogP contribution < -0.4 is 9.47 Å². The summed E-state index contributed by atoms with van der Waals surface area (Å²) in [5, 5.41) is 2.58. The van der Waals surface area contributed by atoms with Crippen LogP contribution in [0.25, 0.3) is 20.2 Å². The monoisotopic (exact) mass is 414 g/mol. The minimum Gasteiger partial charge on any atom is -0.492 e. The molecule has 5 heteroatoms. The first-order valence-electron chi connectivity index (χ1n) is 10.8. The molecule has 2 aromatic carbocycles. The second-order valence-electron chi connectivity index (χ2n) is 7.17. The topological polar surface area (TPSA) is 24.9 Å². The quantitative estimate of drug-likeness (QED) is 0.391. The number of hydrogen-bond acceptors (Lipinski definition) is 5. The van der Waals surface area contributed by atoms with Crippen molar-refractivity contribution in [3.05, 3.63) is 36.4 Å². The van der Waals surface area contributed by atoms with E-state index in [9.17, 15) is 0 Å². The molecule has 0 spiro atoms. The number of hydrogen-bond donors (Lipinski definition) is 0. The van der Waals surface area contributed by atoms with Gasteiger partial charge in [-0.25, -0.2) is 0 Å². The minimum absolute atomic E-state index is 0.725. The highest BCUT2D eigenvalue weighted by Crippen LogP contribution is 2.37. The molecule has 0 radical (unpaired) electrons. The van der Waals surface area contributed by atoms with Crippen molar-refractivity contribution in [2.75, 3.05) is 52.5 Å². The number of benzene rings is 2. The molecule has 158 valence electrons. The summed E-state index contributed by atoms with van der Waals surface area (Å²) in [7, 11) is 0. The third-order valence-electron chi connectivity index (χ3n) is 5.56. The number of fused-ring (bicyclic) bond motifs is 3. The zero-order chi connectivity index (χ0) is 20.6. The van der Waals surface area contributed by atoms with Crippen LogP contribution in [0.1, 0.15) is 27.7 Å². The van der Waals surface area contributed by atoms with Crippen LogP contribution in [0.4, 0.5) is 0 Å². The predicted molar refractivity (Wildman–Crippen MR) is 126 cm³/mol. The van der Waals surface area contributed by atoms with E-state index in [0.717, 1.165) is 64.0 Å². The van der Waals surface area contributed by atoms with Crippen molar-refractivity contribution >= 4 is 31.5 Å². The van der Waals surface area contributed by atoms with E-state index in [4.69, 9.17) is 9.47 Å². The largest absolute Gasteiger partial charge is 0.492 e. The second-order valence-corrected chi connectivity index (χ2v) is 8.25. The summed E-state index contributed by atoms with van der Waals surface area (Å²) in [5.41, 5.74) is 0. The standard InChI is InChI=1S/C24H34N2O2S/c1-5-25(6-2)13-15-27-19-9-11-21-22-12-10-20(18-24(22)29-23(21)17-19)28-16-14-26(7-3)8-4/h9-12,17-18H,5-8,13-16H2,1-4H3. The van der Waals surface area contributed by atoms with Crippen molar-refractivity contribution < 1.29 is 9.47 Å². The van der Waals surface area contributed by atoms with Gasteiger partial charge in [-0.2, -0.15) is 0 Å². The number of ether oxygens (including phenoxy) is 2. The van der Waals surface area contributed by atoms with Crippen LogP contribution in [0.3, 0.4) is 0 Å². The van der Waals surface area contributed by atoms with Crippen LogP contribution >= 0.6 is 11.3 Å². The number of likely N-dealkylation sites (N-methyl/N-ethyl adjacent to an activating group) is 2. The van der Waals surface area contributed by atoms with E-state index < -0.39 is 0 Å². The first-order chi connectivity index (χ1) is 14.2. The van der Waals surface area contributed by atoms with Crippen LogP contribution in [-0.2, 0) is 0 Å². The molecule has 0 bridgehead atoms. The molecule has 1 aromatic heterocycles. The van der Waals surface area contributed by atoms with Crippen LogP contribution in [0, 0.1) is 0 Å². The molecule has 29 heavy (non-hydrogen) atoms. The van der Waals surface area contributed by atoms with Crippen molar-refractivity contribution in [2.24, 2.45) is 0 Å². The van der Waals surface area contributed by atoms with Crippen LogP contribution in [0.15, 0.2) is 36.4 Å². The van der Waals surface area contributed by atoms with Gasteiger partial charge in [0.15, 0.2) is 0 Å². The van der Waals surface area contributed by atoms with E-state index in [0.29, 0.717) is 0 Å². The Labute approximate surface area is 179 Å². The van der Waals surface area contributed by atoms with Gasteiger partial charge in [-0.1, -0.05) is 27.7 Å². The van der Waals surface area contributed by atoms with E-state index in [2.05, 4.69) is 73.9 Å². The molecule has 0 amide bonds. The minimum atomic E-state index is 0.725. The maximum atomic E-state index is 6.00. The van der Waals surface area contributed by atoms with Crippen LogP contribution in [0.2, 0.25) is 0 Å². The van der Waals surface area contributed by atoms with Gasteiger partial charge in [0.05, 0.1) is 0 Å². The molecule has 3 rings (SSSR count). The highest BCUT2D eigenvalue weighted by atomic mass is 32.1. The van der Waals surface area contributed by atoms with E-state index in [1.807, 2.05) is 0 Å². The van der Waals surface area contributed by atoms with E-state index in [1.54, 1.807) is 11.3 Å². The lowest BCUT2D eigenvalue weighted by molar-refractivity contribution is 0.223. The molecule has 0 saturated heterocycles. The lowest BCUT2D eigenvalue weighted by Gasteiger charge is -2.18. The summed E-state index contributed by atoms with van der Waals surface area (Å²) in [5.74, 6) is 1.90. The smallest absolute Gasteiger partial charge is 0.120 e. The Bertz CT molecular complexity index is 828. The molecule has 0 fully saturated rings. The van der Waals surface area contributed by atoms with Crippen molar-refractivity contribution in [2.45, 2.75) is 27.7 Å². The molecule has 0 aliphatic rings. The van der Waals surface area contributed by atoms with Gasteiger partial charge in [0.1, 0.15) is 24.7 Å². The molecule has 3 aromatic rings. The zero-order valence-electron chi connectivity index (χ0n) is 18.2. The molecule has 1 heterocycles. The zero-order valence-corrected chi connectivity index (χ0v) is 19.1. The predicted octanol–water partition coefficient (Wildman–Crippen LogP) is 5.50. The summed E-state index contributed by atoms with van der Waals surface area (Å²) in [4.78, 5) is 4.75. The van der Waals surface area contributed by atoms with Gasteiger partial charge in [0, 0.05) is 33.3 Å². The Balaban J connectivity index is 1.67. The summed E-state index contributed by atoms with van der Waals surface area (Å²) in [6.07, 6.45) is 0. The third kappa shape index (κ3) is 5.62. The maximum Gasteiger partial charge on any atom is 0.120 e. The van der Waals surface area contributed by atoms with Gasteiger partial charge in [0.2, 0.25) is 0 Å². The summed E-state index contributed by atoms with van der Waals surface area (Å²) in [6, 6.07) is 12.9. The molecule has 0 N–H and O–H groups in total. The maximum absolute atomic E-state index is 6.00. The first kappa shape index (κ1) is 21.9. The highest BCUT2D eigenvalue weighted by Gasteiger charge is 2.09. The lowest BCUT2D eigenvalue weighted by atomic mass is 10.1. The second kappa shape index (κ2) is 10.8. The van der Waals surface area contributed by atoms with Crippen molar-refractivity contribution in [3.63, 3.8) is 0 Å². The molecule has 0 aliphatic heterocycles. The van der Waals surface area contributed by atoms with E-state index in [1.165, 1.54) is 20.2 Å². The van der Waals surface area contributed by atoms with Crippen LogP contribution in [-0.4, -0.2) is 62.3 Å². The van der Waals surface area contributed by atoms with Gasteiger partial charge >= 0.3 is 0 Å². The fraction of sp³-hybridized carbons (Fsp3) is 0.500. The average Bonchev–Trinajstić information content (AvgIpc) is 3.11. The van der Waals surface area contributed by atoms with Gasteiger partial charge in [0.25, 0.3) is 0 Å². The molecule has 4 nitrogen and oxygen atoms in total. The fourth-order valence-electron chi connectivity index (χ4n) is 3.58. The number of rotatable bonds is 12.